The molecule has 0 aromatic heterocycles. The van der Waals surface area contributed by atoms with Crippen molar-refractivity contribution in [1.29, 1.82) is 0 Å². The average molecular weight is 145 g/mol. The van der Waals surface area contributed by atoms with E-state index in [1.807, 2.05) is 6.92 Å². The fourth-order valence-electron chi connectivity index (χ4n) is 0.620. The molecule has 0 radical (unpaired) electrons. The summed E-state index contributed by atoms with van der Waals surface area (Å²) in [4.78, 5) is 10.9. The number of amides is 1. The molecule has 1 N–H and O–H groups in total. The summed E-state index contributed by atoms with van der Waals surface area (Å²) in [5, 5.41) is 9.75. The van der Waals surface area contributed by atoms with E-state index in [0.29, 0.717) is 6.54 Å². The molecule has 0 saturated heterocycles. The van der Waals surface area contributed by atoms with Crippen LogP contribution in [-0.4, -0.2) is 22.7 Å². The van der Waals surface area contributed by atoms with Crippen LogP contribution in [0.1, 0.15) is 27.2 Å². The Kier molecular flexibility index (Phi) is 4.03. The van der Waals surface area contributed by atoms with Gasteiger partial charge in [-0.15, -0.1) is 0 Å². The van der Waals surface area contributed by atoms with Crippen LogP contribution in [0.25, 0.3) is 0 Å². The molecular formula is C7H15NO2. The summed E-state index contributed by atoms with van der Waals surface area (Å²) in [6, 6.07) is 0. The van der Waals surface area contributed by atoms with Crippen LogP contribution in [-0.2, 0) is 4.79 Å². The van der Waals surface area contributed by atoms with Gasteiger partial charge in [0, 0.05) is 12.5 Å². The number of hydroxylamine groups is 2. The van der Waals surface area contributed by atoms with Crippen molar-refractivity contribution in [2.75, 3.05) is 6.54 Å². The lowest BCUT2D eigenvalue weighted by atomic mass is 10.2. The van der Waals surface area contributed by atoms with Crippen molar-refractivity contribution in [3.63, 3.8) is 0 Å². The third kappa shape index (κ3) is 2.82. The maximum Gasteiger partial charge on any atom is 0.248 e. The molecule has 3 nitrogen and oxygen atoms in total. The SMILES string of the molecule is CCCN(O)C(=O)C(C)C. The molecule has 0 aliphatic carbocycles. The van der Waals surface area contributed by atoms with Crippen molar-refractivity contribution in [3.05, 3.63) is 0 Å². The fourth-order valence-corrected chi connectivity index (χ4v) is 0.620. The van der Waals surface area contributed by atoms with Crippen molar-refractivity contribution in [1.82, 2.24) is 5.06 Å². The number of carbonyl (C=O) groups excluding carboxylic acids is 1. The molecule has 0 fully saturated rings. The number of rotatable bonds is 3. The van der Waals surface area contributed by atoms with Gasteiger partial charge < -0.3 is 0 Å². The number of carbonyl (C=O) groups is 1. The zero-order chi connectivity index (χ0) is 8.15. The highest BCUT2D eigenvalue weighted by Gasteiger charge is 2.12. The van der Waals surface area contributed by atoms with E-state index in [4.69, 9.17) is 5.21 Å². The van der Waals surface area contributed by atoms with Gasteiger partial charge in [-0.05, 0) is 6.42 Å². The van der Waals surface area contributed by atoms with E-state index in [-0.39, 0.29) is 11.8 Å². The number of hydrogen-bond acceptors (Lipinski definition) is 2. The van der Waals surface area contributed by atoms with E-state index < -0.39 is 0 Å². The van der Waals surface area contributed by atoms with Crippen molar-refractivity contribution in [2.45, 2.75) is 27.2 Å². The van der Waals surface area contributed by atoms with E-state index in [2.05, 4.69) is 0 Å². The van der Waals surface area contributed by atoms with E-state index in [0.717, 1.165) is 11.5 Å². The van der Waals surface area contributed by atoms with E-state index >= 15 is 0 Å². The third-order valence-corrected chi connectivity index (χ3v) is 1.18. The van der Waals surface area contributed by atoms with Crippen molar-refractivity contribution in [2.24, 2.45) is 5.92 Å². The van der Waals surface area contributed by atoms with Crippen LogP contribution in [0.2, 0.25) is 0 Å². The molecule has 0 aliphatic heterocycles. The third-order valence-electron chi connectivity index (χ3n) is 1.18. The highest BCUT2D eigenvalue weighted by atomic mass is 16.5. The first-order valence-electron chi connectivity index (χ1n) is 3.59. The lowest BCUT2D eigenvalue weighted by Crippen LogP contribution is -2.31. The monoisotopic (exact) mass is 145 g/mol. The van der Waals surface area contributed by atoms with Gasteiger partial charge in [0.25, 0.3) is 0 Å². The van der Waals surface area contributed by atoms with Crippen LogP contribution in [0.3, 0.4) is 0 Å². The molecule has 0 aromatic rings. The molecule has 60 valence electrons. The van der Waals surface area contributed by atoms with Crippen LogP contribution >= 0.6 is 0 Å². The first kappa shape index (κ1) is 9.43. The van der Waals surface area contributed by atoms with E-state index in [1.165, 1.54) is 0 Å². The van der Waals surface area contributed by atoms with Crippen molar-refractivity contribution < 1.29 is 10.0 Å². The molecule has 0 atom stereocenters. The van der Waals surface area contributed by atoms with Crippen LogP contribution < -0.4 is 0 Å². The highest BCUT2D eigenvalue weighted by Crippen LogP contribution is 1.98. The predicted molar refractivity (Wildman–Crippen MR) is 38.6 cm³/mol. The summed E-state index contributed by atoms with van der Waals surface area (Å²) in [5.41, 5.74) is 0. The maximum absolute atomic E-state index is 10.9. The molecule has 10 heavy (non-hydrogen) atoms. The Labute approximate surface area is 61.6 Å². The Morgan fingerprint density at radius 3 is 2.40 bits per heavy atom. The minimum atomic E-state index is -0.207. The van der Waals surface area contributed by atoms with Gasteiger partial charge in [0.2, 0.25) is 5.91 Å². The Bertz CT molecular complexity index is 112. The van der Waals surface area contributed by atoms with E-state index in [1.54, 1.807) is 13.8 Å². The Morgan fingerprint density at radius 2 is 2.10 bits per heavy atom. The molecule has 0 unspecified atom stereocenters. The summed E-state index contributed by atoms with van der Waals surface area (Å²) >= 11 is 0. The molecule has 0 bridgehead atoms. The zero-order valence-electron chi connectivity index (χ0n) is 6.79. The molecule has 1 amide bonds. The second kappa shape index (κ2) is 4.28. The standard InChI is InChI=1S/C7H15NO2/c1-4-5-8(10)7(9)6(2)3/h6,10H,4-5H2,1-3H3. The van der Waals surface area contributed by atoms with Crippen LogP contribution in [0.15, 0.2) is 0 Å². The Morgan fingerprint density at radius 1 is 1.60 bits per heavy atom. The van der Waals surface area contributed by atoms with Crippen molar-refractivity contribution >= 4 is 5.91 Å². The second-order valence-electron chi connectivity index (χ2n) is 2.62. The Balaban J connectivity index is 3.71. The lowest BCUT2D eigenvalue weighted by molar-refractivity contribution is -0.169. The largest absolute Gasteiger partial charge is 0.286 e. The summed E-state index contributed by atoms with van der Waals surface area (Å²) < 4.78 is 0. The van der Waals surface area contributed by atoms with Crippen LogP contribution in [0.4, 0.5) is 0 Å². The van der Waals surface area contributed by atoms with Gasteiger partial charge in [0.1, 0.15) is 0 Å². The first-order chi connectivity index (χ1) is 4.59. The quantitative estimate of drug-likeness (QED) is 0.480. The van der Waals surface area contributed by atoms with Gasteiger partial charge in [0.15, 0.2) is 0 Å². The van der Waals surface area contributed by atoms with Crippen molar-refractivity contribution in [3.8, 4) is 0 Å². The molecule has 0 heterocycles. The van der Waals surface area contributed by atoms with Gasteiger partial charge >= 0.3 is 0 Å². The van der Waals surface area contributed by atoms with Crippen LogP contribution in [0, 0.1) is 5.92 Å². The van der Waals surface area contributed by atoms with Gasteiger partial charge in [-0.2, -0.15) is 0 Å². The van der Waals surface area contributed by atoms with E-state index in [9.17, 15) is 4.79 Å². The summed E-state index contributed by atoms with van der Waals surface area (Å²) in [6.07, 6.45) is 0.787. The van der Waals surface area contributed by atoms with Gasteiger partial charge in [-0.1, -0.05) is 20.8 Å². The summed E-state index contributed by atoms with van der Waals surface area (Å²) in [5.74, 6) is -0.321. The Hall–Kier alpha value is -0.570. The zero-order valence-corrected chi connectivity index (χ0v) is 6.79. The normalized spacial score (nSPS) is 10.1. The second-order valence-corrected chi connectivity index (χ2v) is 2.62. The van der Waals surface area contributed by atoms with Gasteiger partial charge in [-0.3, -0.25) is 10.0 Å². The highest BCUT2D eigenvalue weighted by molar-refractivity contribution is 5.76. The average Bonchev–Trinajstić information content (AvgIpc) is 1.87. The molecule has 0 spiro atoms. The molecule has 0 rings (SSSR count). The lowest BCUT2D eigenvalue weighted by Gasteiger charge is -2.15. The molecular weight excluding hydrogens is 130 g/mol. The number of hydrogen-bond donors (Lipinski definition) is 1. The topological polar surface area (TPSA) is 40.5 Å². The molecule has 0 aromatic carbocycles. The van der Waals surface area contributed by atoms with Crippen LogP contribution in [0.5, 0.6) is 0 Å². The minimum Gasteiger partial charge on any atom is -0.286 e. The van der Waals surface area contributed by atoms with Gasteiger partial charge in [0.05, 0.1) is 0 Å². The maximum atomic E-state index is 10.9. The molecule has 3 heteroatoms. The van der Waals surface area contributed by atoms with Gasteiger partial charge in [-0.25, -0.2) is 5.06 Å². The predicted octanol–water partition coefficient (Wildman–Crippen LogP) is 1.27. The first-order valence-corrected chi connectivity index (χ1v) is 3.59. The fraction of sp³-hybridized carbons (Fsp3) is 0.857. The smallest absolute Gasteiger partial charge is 0.248 e. The molecule has 0 aliphatic rings. The number of nitrogens with zero attached hydrogens (tertiary/aromatic N) is 1. The molecule has 0 saturated carbocycles. The summed E-state index contributed by atoms with van der Waals surface area (Å²) in [6.45, 7) is 5.87. The minimum absolute atomic E-state index is 0.114. The summed E-state index contributed by atoms with van der Waals surface area (Å²) in [7, 11) is 0.